The number of hydrogen-bond donors (Lipinski definition) is 2. The molecular formula is C17H17N3O2S. The van der Waals surface area contributed by atoms with Gasteiger partial charge in [-0.15, -0.1) is 11.3 Å². The molecule has 2 amide bonds. The van der Waals surface area contributed by atoms with E-state index in [9.17, 15) is 9.59 Å². The van der Waals surface area contributed by atoms with Crippen molar-refractivity contribution in [2.24, 2.45) is 5.92 Å². The second kappa shape index (κ2) is 7.56. The van der Waals surface area contributed by atoms with E-state index in [0.29, 0.717) is 16.1 Å². The number of benzene rings is 1. The first-order valence-electron chi connectivity index (χ1n) is 7.16. The Morgan fingerprint density at radius 2 is 2.00 bits per heavy atom. The first-order valence-corrected chi connectivity index (χ1v) is 8.04. The molecule has 0 spiro atoms. The van der Waals surface area contributed by atoms with Crippen LogP contribution in [-0.2, 0) is 4.79 Å². The molecular weight excluding hydrogens is 310 g/mol. The molecule has 0 saturated carbocycles. The number of anilines is 1. The molecule has 5 nitrogen and oxygen atoms in total. The first kappa shape index (κ1) is 16.7. The topological polar surface area (TPSA) is 82.0 Å². The van der Waals surface area contributed by atoms with E-state index >= 15 is 0 Å². The molecule has 23 heavy (non-hydrogen) atoms. The predicted octanol–water partition coefficient (Wildman–Crippen LogP) is 3.01. The minimum absolute atomic E-state index is 0.0712. The summed E-state index contributed by atoms with van der Waals surface area (Å²) < 4.78 is 0. The average molecular weight is 327 g/mol. The third-order valence-corrected chi connectivity index (χ3v) is 4.11. The zero-order valence-corrected chi connectivity index (χ0v) is 13.7. The molecule has 1 atom stereocenters. The molecule has 118 valence electrons. The van der Waals surface area contributed by atoms with Gasteiger partial charge < -0.3 is 10.6 Å². The average Bonchev–Trinajstić information content (AvgIpc) is 3.06. The van der Waals surface area contributed by atoms with Gasteiger partial charge in [0.25, 0.3) is 5.91 Å². The largest absolute Gasteiger partial charge is 0.339 e. The van der Waals surface area contributed by atoms with Gasteiger partial charge in [-0.3, -0.25) is 9.59 Å². The molecule has 0 aliphatic carbocycles. The molecule has 0 radical (unpaired) electrons. The number of amides is 2. The van der Waals surface area contributed by atoms with E-state index in [-0.39, 0.29) is 17.7 Å². The van der Waals surface area contributed by atoms with E-state index in [1.807, 2.05) is 25.3 Å². The number of nitriles is 1. The maximum atomic E-state index is 12.5. The summed E-state index contributed by atoms with van der Waals surface area (Å²) in [4.78, 5) is 25.2. The Labute approximate surface area is 138 Å². The minimum Gasteiger partial charge on any atom is -0.339 e. The zero-order valence-electron chi connectivity index (χ0n) is 12.9. The summed E-state index contributed by atoms with van der Waals surface area (Å²) in [6, 6.07) is 11.5. The Morgan fingerprint density at radius 1 is 1.22 bits per heavy atom. The molecule has 2 rings (SSSR count). The number of carbonyl (C=O) groups excluding carboxylic acids is 2. The second-order valence-corrected chi connectivity index (χ2v) is 6.30. The van der Waals surface area contributed by atoms with E-state index in [1.165, 1.54) is 11.3 Å². The van der Waals surface area contributed by atoms with Gasteiger partial charge in [-0.25, -0.2) is 0 Å². The number of thiophene rings is 1. The van der Waals surface area contributed by atoms with Crippen LogP contribution >= 0.6 is 11.3 Å². The molecule has 0 bridgehead atoms. The Morgan fingerprint density at radius 3 is 2.61 bits per heavy atom. The fourth-order valence-electron chi connectivity index (χ4n) is 2.04. The highest BCUT2D eigenvalue weighted by atomic mass is 32.1. The van der Waals surface area contributed by atoms with Gasteiger partial charge in [-0.1, -0.05) is 26.0 Å². The zero-order chi connectivity index (χ0) is 16.8. The van der Waals surface area contributed by atoms with Crippen LogP contribution < -0.4 is 10.6 Å². The van der Waals surface area contributed by atoms with Gasteiger partial charge in [0, 0.05) is 5.69 Å². The Hall–Kier alpha value is -2.65. The van der Waals surface area contributed by atoms with Crippen LogP contribution in [0.3, 0.4) is 0 Å². The highest BCUT2D eigenvalue weighted by molar-refractivity contribution is 7.12. The van der Waals surface area contributed by atoms with Crippen LogP contribution in [0.2, 0.25) is 0 Å². The lowest BCUT2D eigenvalue weighted by molar-refractivity contribution is -0.118. The Balaban J connectivity index is 2.09. The van der Waals surface area contributed by atoms with Crippen molar-refractivity contribution < 1.29 is 9.59 Å². The summed E-state index contributed by atoms with van der Waals surface area (Å²) in [5.74, 6) is -0.641. The predicted molar refractivity (Wildman–Crippen MR) is 90.2 cm³/mol. The molecule has 1 unspecified atom stereocenters. The van der Waals surface area contributed by atoms with E-state index in [0.717, 1.165) is 0 Å². The van der Waals surface area contributed by atoms with Crippen molar-refractivity contribution >= 4 is 28.8 Å². The van der Waals surface area contributed by atoms with Crippen LogP contribution in [0.4, 0.5) is 5.69 Å². The summed E-state index contributed by atoms with van der Waals surface area (Å²) in [7, 11) is 0. The van der Waals surface area contributed by atoms with Crippen molar-refractivity contribution in [3.63, 3.8) is 0 Å². The Kier molecular flexibility index (Phi) is 5.50. The highest BCUT2D eigenvalue weighted by Crippen LogP contribution is 2.14. The van der Waals surface area contributed by atoms with Crippen molar-refractivity contribution in [3.05, 3.63) is 52.2 Å². The van der Waals surface area contributed by atoms with Crippen LogP contribution in [0.5, 0.6) is 0 Å². The number of nitrogens with zero attached hydrogens (tertiary/aromatic N) is 1. The van der Waals surface area contributed by atoms with E-state index in [4.69, 9.17) is 5.26 Å². The molecule has 0 aliphatic rings. The van der Waals surface area contributed by atoms with Gasteiger partial charge in [0.2, 0.25) is 5.91 Å². The van der Waals surface area contributed by atoms with Gasteiger partial charge in [0.15, 0.2) is 0 Å². The summed E-state index contributed by atoms with van der Waals surface area (Å²) >= 11 is 1.33. The quantitative estimate of drug-likeness (QED) is 0.885. The number of rotatable bonds is 5. The highest BCUT2D eigenvalue weighted by Gasteiger charge is 2.25. The van der Waals surface area contributed by atoms with Gasteiger partial charge >= 0.3 is 0 Å². The molecule has 0 aliphatic heterocycles. The SMILES string of the molecule is CC(C)C(NC(=O)c1cccs1)C(=O)Nc1cccc(C#N)c1. The normalized spacial score (nSPS) is 11.6. The molecule has 0 fully saturated rings. The molecule has 1 aromatic carbocycles. The maximum absolute atomic E-state index is 12.5. The smallest absolute Gasteiger partial charge is 0.262 e. The lowest BCUT2D eigenvalue weighted by atomic mass is 10.0. The summed E-state index contributed by atoms with van der Waals surface area (Å²) in [6.45, 7) is 3.73. The number of hydrogen-bond acceptors (Lipinski definition) is 4. The summed E-state index contributed by atoms with van der Waals surface area (Å²) in [6.07, 6.45) is 0. The monoisotopic (exact) mass is 327 g/mol. The Bertz CT molecular complexity index is 733. The second-order valence-electron chi connectivity index (χ2n) is 5.35. The molecule has 6 heteroatoms. The van der Waals surface area contributed by atoms with Crippen LogP contribution in [0.25, 0.3) is 0 Å². The summed E-state index contributed by atoms with van der Waals surface area (Å²) in [5.41, 5.74) is 0.997. The van der Waals surface area contributed by atoms with Crippen LogP contribution in [0, 0.1) is 17.2 Å². The van der Waals surface area contributed by atoms with Gasteiger partial charge in [0.05, 0.1) is 16.5 Å². The van der Waals surface area contributed by atoms with Crippen molar-refractivity contribution in [2.75, 3.05) is 5.32 Å². The summed E-state index contributed by atoms with van der Waals surface area (Å²) in [5, 5.41) is 16.2. The molecule has 2 N–H and O–H groups in total. The molecule has 1 aromatic heterocycles. The van der Waals surface area contributed by atoms with Crippen LogP contribution in [-0.4, -0.2) is 17.9 Å². The minimum atomic E-state index is -0.657. The number of nitrogens with one attached hydrogen (secondary N) is 2. The fraction of sp³-hybridized carbons (Fsp3) is 0.235. The molecule has 0 saturated heterocycles. The van der Waals surface area contributed by atoms with Crippen molar-refractivity contribution in [3.8, 4) is 6.07 Å². The molecule has 2 aromatic rings. The van der Waals surface area contributed by atoms with Crippen molar-refractivity contribution in [1.29, 1.82) is 5.26 Å². The maximum Gasteiger partial charge on any atom is 0.262 e. The third-order valence-electron chi connectivity index (χ3n) is 3.24. The lowest BCUT2D eigenvalue weighted by Gasteiger charge is -2.21. The van der Waals surface area contributed by atoms with Gasteiger partial charge in [-0.2, -0.15) is 5.26 Å². The third kappa shape index (κ3) is 4.41. The fourth-order valence-corrected chi connectivity index (χ4v) is 2.67. The van der Waals surface area contributed by atoms with Crippen molar-refractivity contribution in [2.45, 2.75) is 19.9 Å². The van der Waals surface area contributed by atoms with E-state index in [2.05, 4.69) is 10.6 Å². The molecule has 1 heterocycles. The standard InChI is InChI=1S/C17H17N3O2S/c1-11(2)15(20-16(21)14-7-4-8-23-14)17(22)19-13-6-3-5-12(9-13)10-18/h3-9,11,15H,1-2H3,(H,19,22)(H,20,21). The van der Waals surface area contributed by atoms with E-state index in [1.54, 1.807) is 36.4 Å². The first-order chi connectivity index (χ1) is 11.0. The van der Waals surface area contributed by atoms with E-state index < -0.39 is 6.04 Å². The van der Waals surface area contributed by atoms with Crippen molar-refractivity contribution in [1.82, 2.24) is 5.32 Å². The van der Waals surface area contributed by atoms with Gasteiger partial charge in [-0.05, 0) is 35.6 Å². The lowest BCUT2D eigenvalue weighted by Crippen LogP contribution is -2.46. The van der Waals surface area contributed by atoms with Crippen LogP contribution in [0.1, 0.15) is 29.1 Å². The van der Waals surface area contributed by atoms with Gasteiger partial charge in [0.1, 0.15) is 6.04 Å². The van der Waals surface area contributed by atoms with Crippen LogP contribution in [0.15, 0.2) is 41.8 Å². The number of carbonyl (C=O) groups is 2.